The van der Waals surface area contributed by atoms with Crippen LogP contribution in [0.15, 0.2) is 0 Å². The van der Waals surface area contributed by atoms with E-state index in [1.54, 1.807) is 0 Å². The lowest BCUT2D eigenvalue weighted by Crippen LogP contribution is -2.61. The van der Waals surface area contributed by atoms with Crippen LogP contribution < -0.4 is 5.32 Å². The first-order valence-electron chi connectivity index (χ1n) is 10.9. The van der Waals surface area contributed by atoms with Crippen molar-refractivity contribution in [3.63, 3.8) is 0 Å². The van der Waals surface area contributed by atoms with Gasteiger partial charge in [-0.25, -0.2) is 0 Å². The van der Waals surface area contributed by atoms with Crippen molar-refractivity contribution in [2.24, 2.45) is 35.0 Å². The first-order chi connectivity index (χ1) is 11.9. The lowest BCUT2D eigenvalue weighted by Gasteiger charge is -2.61. The van der Waals surface area contributed by atoms with Crippen LogP contribution in [0.1, 0.15) is 83.5 Å². The average molecular weight is 406 g/mol. The third-order valence-corrected chi connectivity index (χ3v) is 10.0. The van der Waals surface area contributed by atoms with Crippen molar-refractivity contribution in [3.05, 3.63) is 0 Å². The monoisotopic (exact) mass is 405 g/mol. The van der Waals surface area contributed by atoms with Gasteiger partial charge in [-0.1, -0.05) is 15.9 Å². The smallest absolute Gasteiger partial charge is 0.220 e. The van der Waals surface area contributed by atoms with Crippen molar-refractivity contribution in [2.75, 3.05) is 0 Å². The number of hydrogen-bond acceptors (Lipinski definition) is 1. The van der Waals surface area contributed by atoms with Crippen LogP contribution in [-0.2, 0) is 4.79 Å². The fraction of sp³-hybridized carbons (Fsp3) is 0.955. The predicted octanol–water partition coefficient (Wildman–Crippen LogP) is 5.20. The summed E-state index contributed by atoms with van der Waals surface area (Å²) in [5.74, 6) is 4.91. The molecule has 138 valence electrons. The maximum atomic E-state index is 13.2. The van der Waals surface area contributed by atoms with E-state index in [-0.39, 0.29) is 5.54 Å². The number of carbonyl (C=O) groups is 1. The van der Waals surface area contributed by atoms with Gasteiger partial charge in [0.25, 0.3) is 0 Å². The second-order valence-corrected chi connectivity index (χ2v) is 13.2. The molecule has 0 heterocycles. The fourth-order valence-corrected chi connectivity index (χ4v) is 11.0. The van der Waals surface area contributed by atoms with Gasteiger partial charge in [0, 0.05) is 16.3 Å². The van der Waals surface area contributed by atoms with E-state index in [9.17, 15) is 4.79 Å². The van der Waals surface area contributed by atoms with Crippen molar-refractivity contribution in [2.45, 2.75) is 93.3 Å². The van der Waals surface area contributed by atoms with E-state index in [0.29, 0.717) is 15.6 Å². The van der Waals surface area contributed by atoms with Crippen molar-refractivity contribution >= 4 is 21.8 Å². The average Bonchev–Trinajstić information content (AvgIpc) is 2.40. The van der Waals surface area contributed by atoms with Gasteiger partial charge in [0.1, 0.15) is 0 Å². The summed E-state index contributed by atoms with van der Waals surface area (Å²) < 4.78 is 0.373. The lowest BCUT2D eigenvalue weighted by molar-refractivity contribution is -0.133. The molecule has 0 aromatic rings. The minimum Gasteiger partial charge on any atom is -0.351 e. The number of halogens is 1. The van der Waals surface area contributed by atoms with Gasteiger partial charge in [-0.05, 0) is 112 Å². The topological polar surface area (TPSA) is 29.1 Å². The molecule has 8 aliphatic carbocycles. The Hall–Kier alpha value is -0.0500. The Morgan fingerprint density at radius 3 is 1.84 bits per heavy atom. The summed E-state index contributed by atoms with van der Waals surface area (Å²) in [6.07, 6.45) is 17.1. The molecule has 0 spiro atoms. The molecule has 3 heteroatoms. The molecular weight excluding hydrogens is 374 g/mol. The molecule has 8 rings (SSSR count). The molecule has 0 aromatic heterocycles. The molecule has 0 aliphatic heterocycles. The Kier molecular flexibility index (Phi) is 3.23. The van der Waals surface area contributed by atoms with E-state index in [4.69, 9.17) is 0 Å². The second kappa shape index (κ2) is 5.06. The molecular formula is C22H32BrNO. The zero-order valence-electron chi connectivity index (χ0n) is 15.4. The highest BCUT2D eigenvalue weighted by Crippen LogP contribution is 2.65. The number of nitrogens with one attached hydrogen (secondary N) is 1. The molecule has 8 fully saturated rings. The Labute approximate surface area is 160 Å². The molecule has 25 heavy (non-hydrogen) atoms. The highest BCUT2D eigenvalue weighted by Gasteiger charge is 2.58. The van der Waals surface area contributed by atoms with Crippen LogP contribution in [0.3, 0.4) is 0 Å². The van der Waals surface area contributed by atoms with Gasteiger partial charge in [0.15, 0.2) is 0 Å². The van der Waals surface area contributed by atoms with Crippen molar-refractivity contribution in [3.8, 4) is 0 Å². The molecule has 0 saturated heterocycles. The summed E-state index contributed by atoms with van der Waals surface area (Å²) in [7, 11) is 0. The van der Waals surface area contributed by atoms with E-state index in [1.165, 1.54) is 77.0 Å². The van der Waals surface area contributed by atoms with E-state index < -0.39 is 0 Å². The molecule has 2 nitrogen and oxygen atoms in total. The molecule has 1 N–H and O–H groups in total. The van der Waals surface area contributed by atoms with E-state index in [2.05, 4.69) is 21.2 Å². The third kappa shape index (κ3) is 2.57. The second-order valence-electron chi connectivity index (χ2n) is 11.5. The summed E-state index contributed by atoms with van der Waals surface area (Å²) in [6.45, 7) is 0. The van der Waals surface area contributed by atoms with Gasteiger partial charge < -0.3 is 5.32 Å². The third-order valence-electron chi connectivity index (χ3n) is 9.09. The summed E-state index contributed by atoms with van der Waals surface area (Å²) >= 11 is 4.10. The van der Waals surface area contributed by atoms with Crippen LogP contribution in [0.5, 0.6) is 0 Å². The molecule has 1 amide bonds. The van der Waals surface area contributed by atoms with Crippen molar-refractivity contribution < 1.29 is 4.79 Å². The molecule has 8 aliphatic rings. The summed E-state index contributed by atoms with van der Waals surface area (Å²) in [5.41, 5.74) is 0.514. The quantitative estimate of drug-likeness (QED) is 0.642. The maximum absolute atomic E-state index is 13.2. The fourth-order valence-electron chi connectivity index (χ4n) is 9.49. The Balaban J connectivity index is 1.18. The van der Waals surface area contributed by atoms with Crippen molar-refractivity contribution in [1.82, 2.24) is 5.32 Å². The number of rotatable bonds is 3. The van der Waals surface area contributed by atoms with E-state index >= 15 is 0 Å². The number of amides is 1. The molecule has 0 unspecified atom stereocenters. The van der Waals surface area contributed by atoms with Crippen LogP contribution in [0.4, 0.5) is 0 Å². The predicted molar refractivity (Wildman–Crippen MR) is 102 cm³/mol. The molecule has 0 aromatic carbocycles. The van der Waals surface area contributed by atoms with Crippen LogP contribution >= 0.6 is 15.9 Å². The summed E-state index contributed by atoms with van der Waals surface area (Å²) in [5, 5.41) is 3.66. The summed E-state index contributed by atoms with van der Waals surface area (Å²) in [6, 6.07) is 0. The number of carbonyl (C=O) groups excluding carboxylic acids is 1. The van der Waals surface area contributed by atoms with Gasteiger partial charge in [-0.3, -0.25) is 4.79 Å². The van der Waals surface area contributed by atoms with Gasteiger partial charge in [-0.2, -0.15) is 0 Å². The zero-order chi connectivity index (χ0) is 16.9. The van der Waals surface area contributed by atoms with Gasteiger partial charge >= 0.3 is 0 Å². The Bertz CT molecular complexity index is 564. The van der Waals surface area contributed by atoms with Gasteiger partial charge in [0.2, 0.25) is 5.91 Å². The SMILES string of the molecule is O=C(CC12C[C@@H]3C[C@H](CC(Br)(C3)C1)C2)NC12CC3CC(CC(C3)C1)C2. The minimum absolute atomic E-state index is 0.195. The molecule has 8 bridgehead atoms. The van der Waals surface area contributed by atoms with E-state index in [1.807, 2.05) is 0 Å². The highest BCUT2D eigenvalue weighted by molar-refractivity contribution is 9.10. The van der Waals surface area contributed by atoms with E-state index in [0.717, 1.165) is 36.0 Å². The molecule has 2 atom stereocenters. The van der Waals surface area contributed by atoms with Crippen molar-refractivity contribution in [1.29, 1.82) is 0 Å². The normalized spacial score (nSPS) is 57.9. The number of alkyl halides is 1. The van der Waals surface area contributed by atoms with Crippen LogP contribution in [0.2, 0.25) is 0 Å². The molecule has 8 saturated carbocycles. The Morgan fingerprint density at radius 1 is 0.800 bits per heavy atom. The van der Waals surface area contributed by atoms with Crippen LogP contribution in [-0.4, -0.2) is 15.8 Å². The standard InChI is InChI=1S/C22H32BrNO/c23-21-7-17-4-18(8-21)6-20(5-17,13-21)12-19(25)24-22-9-14-1-15(10-22)3-16(2-14)11-22/h14-18H,1-13H2,(H,24,25)/t14?,15?,16?,17-,18-,20?,21?,22?/m0/s1. The maximum Gasteiger partial charge on any atom is 0.220 e. The molecule has 0 radical (unpaired) electrons. The minimum atomic E-state index is 0.195. The van der Waals surface area contributed by atoms with Gasteiger partial charge in [-0.15, -0.1) is 0 Å². The first-order valence-corrected chi connectivity index (χ1v) is 11.7. The highest BCUT2D eigenvalue weighted by atomic mass is 79.9. The first kappa shape index (κ1) is 16.0. The van der Waals surface area contributed by atoms with Gasteiger partial charge in [0.05, 0.1) is 0 Å². The van der Waals surface area contributed by atoms with Crippen LogP contribution in [0.25, 0.3) is 0 Å². The zero-order valence-corrected chi connectivity index (χ0v) is 17.0. The summed E-state index contributed by atoms with van der Waals surface area (Å²) in [4.78, 5) is 13.2. The van der Waals surface area contributed by atoms with Crippen LogP contribution in [0, 0.1) is 35.0 Å². The lowest BCUT2D eigenvalue weighted by atomic mass is 9.48. The largest absolute Gasteiger partial charge is 0.351 e. The number of hydrogen-bond donors (Lipinski definition) is 1. The Morgan fingerprint density at radius 2 is 1.32 bits per heavy atom.